The maximum atomic E-state index is 12.8. The first-order valence-electron chi connectivity index (χ1n) is 7.39. The van der Waals surface area contributed by atoms with E-state index in [-0.39, 0.29) is 27.8 Å². The summed E-state index contributed by atoms with van der Waals surface area (Å²) in [4.78, 5) is 12.6. The van der Waals surface area contributed by atoms with E-state index in [9.17, 15) is 22.2 Å². The zero-order valence-electron chi connectivity index (χ0n) is 12.2. The van der Waals surface area contributed by atoms with E-state index in [1.807, 2.05) is 0 Å². The molecule has 0 aromatic heterocycles. The van der Waals surface area contributed by atoms with Gasteiger partial charge in [0.2, 0.25) is 0 Å². The summed E-state index contributed by atoms with van der Waals surface area (Å²) >= 11 is 0. The maximum absolute atomic E-state index is 12.8. The van der Waals surface area contributed by atoms with Gasteiger partial charge in [0.25, 0.3) is 0 Å². The predicted molar refractivity (Wildman–Crippen MR) is 78.2 cm³/mol. The van der Waals surface area contributed by atoms with Gasteiger partial charge in [0.15, 0.2) is 5.78 Å². The van der Waals surface area contributed by atoms with E-state index in [1.54, 1.807) is 0 Å². The molecule has 1 aromatic rings. The quantitative estimate of drug-likeness (QED) is 0.771. The highest BCUT2D eigenvalue weighted by Crippen LogP contribution is 2.40. The molecule has 0 saturated carbocycles. The van der Waals surface area contributed by atoms with Crippen molar-refractivity contribution in [2.45, 2.75) is 49.3 Å². The third kappa shape index (κ3) is 2.73. The van der Waals surface area contributed by atoms with Gasteiger partial charge in [-0.3, -0.25) is 9.00 Å². The maximum Gasteiger partial charge on any atom is 0.416 e. The Balaban J connectivity index is 1.82. The van der Waals surface area contributed by atoms with Gasteiger partial charge in [-0.25, -0.2) is 0 Å². The molecule has 2 fully saturated rings. The van der Waals surface area contributed by atoms with Crippen molar-refractivity contribution < 1.29 is 22.2 Å². The number of benzene rings is 1. The molecule has 1 aromatic carbocycles. The predicted octanol–water partition coefficient (Wildman–Crippen LogP) is 3.89. The van der Waals surface area contributed by atoms with Gasteiger partial charge >= 0.3 is 6.18 Å². The fraction of sp³-hybridized carbons (Fsp3) is 0.562. The molecule has 2 unspecified atom stereocenters. The van der Waals surface area contributed by atoms with Gasteiger partial charge in [-0.1, -0.05) is 6.07 Å². The highest BCUT2D eigenvalue weighted by Gasteiger charge is 2.43. The molecule has 2 atom stereocenters. The van der Waals surface area contributed by atoms with E-state index in [1.165, 1.54) is 19.1 Å². The van der Waals surface area contributed by atoms with Crippen LogP contribution in [0.25, 0.3) is 0 Å². The Labute approximate surface area is 129 Å². The van der Waals surface area contributed by atoms with Gasteiger partial charge in [-0.05, 0) is 50.3 Å². The highest BCUT2D eigenvalue weighted by molar-refractivity contribution is 7.86. The largest absolute Gasteiger partial charge is 0.416 e. The number of hydrogen-bond acceptors (Lipinski definition) is 2. The van der Waals surface area contributed by atoms with Crippen molar-refractivity contribution in [3.8, 4) is 0 Å². The number of ketones is 1. The molecule has 3 rings (SSSR count). The van der Waals surface area contributed by atoms with Crippen LogP contribution in [0, 0.1) is 12.8 Å². The van der Waals surface area contributed by atoms with Crippen LogP contribution in [0.3, 0.4) is 0 Å². The molecule has 2 aliphatic heterocycles. The highest BCUT2D eigenvalue weighted by atomic mass is 32.2. The van der Waals surface area contributed by atoms with Gasteiger partial charge in [-0.2, -0.15) is 13.2 Å². The summed E-state index contributed by atoms with van der Waals surface area (Å²) in [6, 6.07) is 3.59. The van der Waals surface area contributed by atoms with Crippen molar-refractivity contribution >= 4 is 16.6 Å². The monoisotopic (exact) mass is 330 g/mol. The third-order valence-electron chi connectivity index (χ3n) is 4.75. The molecule has 0 radical (unpaired) electrons. The number of hydrogen-bond donors (Lipinski definition) is 0. The van der Waals surface area contributed by atoms with Crippen LogP contribution in [0.1, 0.15) is 47.2 Å². The molecule has 2 aliphatic rings. The van der Waals surface area contributed by atoms with E-state index in [4.69, 9.17) is 0 Å². The van der Waals surface area contributed by atoms with Gasteiger partial charge in [0.1, 0.15) is 0 Å². The SMILES string of the molecule is Cc1cc(C(=O)C2CC3CCC(C2)S3=O)ccc1C(F)(F)F. The van der Waals surface area contributed by atoms with E-state index < -0.39 is 22.5 Å². The number of carbonyl (C=O) groups excluding carboxylic acids is 1. The molecule has 0 N–H and O–H groups in total. The van der Waals surface area contributed by atoms with Crippen molar-refractivity contribution in [3.63, 3.8) is 0 Å². The number of aryl methyl sites for hydroxylation is 1. The van der Waals surface area contributed by atoms with Gasteiger partial charge < -0.3 is 0 Å². The van der Waals surface area contributed by atoms with Crippen LogP contribution in [0.2, 0.25) is 0 Å². The number of alkyl halides is 3. The molecular formula is C16H17F3O2S. The second kappa shape index (κ2) is 5.48. The van der Waals surface area contributed by atoms with E-state index in [2.05, 4.69) is 0 Å². The average Bonchev–Trinajstić information content (AvgIpc) is 2.66. The summed E-state index contributed by atoms with van der Waals surface area (Å²) in [6.45, 7) is 1.37. The van der Waals surface area contributed by atoms with Gasteiger partial charge in [-0.15, -0.1) is 0 Å². The first-order chi connectivity index (χ1) is 10.3. The third-order valence-corrected chi connectivity index (χ3v) is 6.92. The van der Waals surface area contributed by atoms with E-state index in [0.29, 0.717) is 18.4 Å². The fourth-order valence-electron chi connectivity index (χ4n) is 3.62. The molecule has 120 valence electrons. The van der Waals surface area contributed by atoms with Crippen molar-refractivity contribution in [1.82, 2.24) is 0 Å². The number of rotatable bonds is 2. The first-order valence-corrected chi connectivity index (χ1v) is 8.66. The lowest BCUT2D eigenvalue weighted by Crippen LogP contribution is -2.32. The summed E-state index contributed by atoms with van der Waals surface area (Å²) < 4.78 is 50.3. The lowest BCUT2D eigenvalue weighted by Gasteiger charge is -2.26. The molecule has 0 amide bonds. The molecule has 2 heterocycles. The lowest BCUT2D eigenvalue weighted by molar-refractivity contribution is -0.138. The minimum absolute atomic E-state index is 0.0701. The van der Waals surface area contributed by atoms with Crippen molar-refractivity contribution in [3.05, 3.63) is 34.9 Å². The molecule has 2 bridgehead atoms. The van der Waals surface area contributed by atoms with Crippen LogP contribution in [-0.4, -0.2) is 20.5 Å². The van der Waals surface area contributed by atoms with Crippen molar-refractivity contribution in [2.75, 3.05) is 0 Å². The first kappa shape index (κ1) is 15.7. The van der Waals surface area contributed by atoms with Crippen LogP contribution in [0.5, 0.6) is 0 Å². The molecule has 22 heavy (non-hydrogen) atoms. The number of carbonyl (C=O) groups is 1. The Kier molecular flexibility index (Phi) is 3.91. The van der Waals surface area contributed by atoms with Gasteiger partial charge in [0, 0.05) is 32.8 Å². The average molecular weight is 330 g/mol. The zero-order chi connectivity index (χ0) is 16.1. The zero-order valence-corrected chi connectivity index (χ0v) is 13.0. The Morgan fingerprint density at radius 3 is 2.27 bits per heavy atom. The number of halogens is 3. The fourth-order valence-corrected chi connectivity index (χ4v) is 5.74. The molecule has 2 nitrogen and oxygen atoms in total. The van der Waals surface area contributed by atoms with Crippen LogP contribution in [0.4, 0.5) is 13.2 Å². The Morgan fingerprint density at radius 1 is 1.18 bits per heavy atom. The summed E-state index contributed by atoms with van der Waals surface area (Å²) in [5, 5.41) is 0.173. The van der Waals surface area contributed by atoms with Crippen molar-refractivity contribution in [2.24, 2.45) is 5.92 Å². The smallest absolute Gasteiger partial charge is 0.294 e. The normalized spacial score (nSPS) is 31.3. The van der Waals surface area contributed by atoms with Gasteiger partial charge in [0.05, 0.1) is 5.56 Å². The minimum Gasteiger partial charge on any atom is -0.294 e. The summed E-state index contributed by atoms with van der Waals surface area (Å²) in [5.74, 6) is -0.309. The summed E-state index contributed by atoms with van der Waals surface area (Å²) in [6.07, 6.45) is -1.41. The van der Waals surface area contributed by atoms with E-state index >= 15 is 0 Å². The lowest BCUT2D eigenvalue weighted by atomic mass is 9.89. The topological polar surface area (TPSA) is 34.1 Å². The molecule has 0 aliphatic carbocycles. The second-order valence-corrected chi connectivity index (χ2v) is 8.20. The summed E-state index contributed by atoms with van der Waals surface area (Å²) in [7, 11) is -0.833. The Morgan fingerprint density at radius 2 is 1.77 bits per heavy atom. The van der Waals surface area contributed by atoms with Crippen LogP contribution in [0.15, 0.2) is 18.2 Å². The molecule has 2 saturated heterocycles. The minimum atomic E-state index is -4.40. The Hall–Kier alpha value is -1.17. The second-order valence-electron chi connectivity index (χ2n) is 6.21. The van der Waals surface area contributed by atoms with E-state index in [0.717, 1.165) is 18.9 Å². The summed E-state index contributed by atoms with van der Waals surface area (Å²) in [5.41, 5.74) is -0.294. The molecule has 6 heteroatoms. The van der Waals surface area contributed by atoms with Crippen LogP contribution >= 0.6 is 0 Å². The number of fused-ring (bicyclic) bond motifs is 2. The molecule has 0 spiro atoms. The van der Waals surface area contributed by atoms with Crippen molar-refractivity contribution in [1.29, 1.82) is 0 Å². The number of Topliss-reactive ketones (excluding diaryl/α,β-unsaturated/α-hetero) is 1. The molecular weight excluding hydrogens is 313 g/mol. The van der Waals surface area contributed by atoms with Crippen LogP contribution < -0.4 is 0 Å². The standard InChI is InChI=1S/C16H17F3O2S/c1-9-6-10(2-5-14(9)16(17,18)19)15(20)11-7-12-3-4-13(8-11)22(12)21/h2,5-6,11-13H,3-4,7-8H2,1H3. The Bertz CT molecular complexity index is 623. The van der Waals surface area contributed by atoms with Crippen LogP contribution in [-0.2, 0) is 17.0 Å².